The van der Waals surface area contributed by atoms with E-state index in [2.05, 4.69) is 27.0 Å². The van der Waals surface area contributed by atoms with Gasteiger partial charge in [0.1, 0.15) is 17.9 Å². The van der Waals surface area contributed by atoms with Gasteiger partial charge >= 0.3 is 0 Å². The molecule has 1 saturated carbocycles. The van der Waals surface area contributed by atoms with Gasteiger partial charge in [0, 0.05) is 36.8 Å². The van der Waals surface area contributed by atoms with Crippen molar-refractivity contribution in [2.24, 2.45) is 0 Å². The van der Waals surface area contributed by atoms with Crippen LogP contribution >= 0.6 is 0 Å². The van der Waals surface area contributed by atoms with Gasteiger partial charge < -0.3 is 9.64 Å². The maximum Gasteiger partial charge on any atom is 0.132 e. The molecule has 0 N–H and O–H groups in total. The Kier molecular flexibility index (Phi) is 3.54. The quantitative estimate of drug-likeness (QED) is 0.836. The number of hydrogen-bond donors (Lipinski definition) is 0. The van der Waals surface area contributed by atoms with Crippen molar-refractivity contribution in [3.05, 3.63) is 47.9 Å². The Labute approximate surface area is 119 Å². The molecule has 0 saturated heterocycles. The summed E-state index contributed by atoms with van der Waals surface area (Å²) in [6.07, 6.45) is 4.18. The first-order valence-corrected chi connectivity index (χ1v) is 6.93. The summed E-state index contributed by atoms with van der Waals surface area (Å²) in [4.78, 5) is 10.9. The molecular formula is C16H19N3O. The average molecular weight is 269 g/mol. The zero-order valence-electron chi connectivity index (χ0n) is 11.9. The largest absolute Gasteiger partial charge is 0.496 e. The molecule has 1 aliphatic carbocycles. The Morgan fingerprint density at radius 1 is 1.25 bits per heavy atom. The number of aromatic nitrogens is 2. The number of methoxy groups -OCH3 is 1. The zero-order valence-corrected chi connectivity index (χ0v) is 11.9. The van der Waals surface area contributed by atoms with Crippen LogP contribution in [0.25, 0.3) is 0 Å². The second-order valence-electron chi connectivity index (χ2n) is 5.24. The van der Waals surface area contributed by atoms with Crippen LogP contribution < -0.4 is 9.64 Å². The summed E-state index contributed by atoms with van der Waals surface area (Å²) in [6.45, 7) is 0.769. The molecule has 0 bridgehead atoms. The first-order valence-electron chi connectivity index (χ1n) is 6.93. The van der Waals surface area contributed by atoms with Gasteiger partial charge in [-0.25, -0.2) is 9.97 Å². The Bertz CT molecular complexity index is 596. The molecule has 1 aromatic heterocycles. The summed E-state index contributed by atoms with van der Waals surface area (Å²) in [6, 6.07) is 10.2. The molecule has 0 aliphatic heterocycles. The molecule has 3 rings (SSSR count). The minimum absolute atomic E-state index is 0.649. The Morgan fingerprint density at radius 3 is 2.80 bits per heavy atom. The van der Waals surface area contributed by atoms with Crippen molar-refractivity contribution in [2.45, 2.75) is 25.3 Å². The first-order chi connectivity index (χ1) is 9.78. The highest BCUT2D eigenvalue weighted by atomic mass is 16.5. The molecule has 1 aromatic carbocycles. The van der Waals surface area contributed by atoms with E-state index < -0.39 is 0 Å². The number of para-hydroxylation sites is 1. The molecule has 1 fully saturated rings. The van der Waals surface area contributed by atoms with Crippen LogP contribution in [0.4, 0.5) is 5.82 Å². The molecule has 4 heteroatoms. The van der Waals surface area contributed by atoms with E-state index in [9.17, 15) is 0 Å². The van der Waals surface area contributed by atoms with E-state index in [1.54, 1.807) is 13.4 Å². The van der Waals surface area contributed by atoms with Crippen molar-refractivity contribution >= 4 is 5.82 Å². The van der Waals surface area contributed by atoms with Crippen LogP contribution in [0.5, 0.6) is 5.75 Å². The predicted octanol–water partition coefficient (Wildman–Crippen LogP) is 3.00. The van der Waals surface area contributed by atoms with Crippen LogP contribution in [-0.2, 0) is 6.54 Å². The van der Waals surface area contributed by atoms with E-state index in [0.717, 1.165) is 23.7 Å². The fourth-order valence-electron chi connectivity index (χ4n) is 2.34. The minimum atomic E-state index is 0.649. The number of nitrogens with zero attached hydrogens (tertiary/aromatic N) is 3. The zero-order chi connectivity index (χ0) is 13.9. The van der Waals surface area contributed by atoms with Gasteiger partial charge in [0.05, 0.1) is 7.11 Å². The Balaban J connectivity index is 1.78. The van der Waals surface area contributed by atoms with Gasteiger partial charge in [-0.05, 0) is 18.9 Å². The highest BCUT2D eigenvalue weighted by molar-refractivity contribution is 5.43. The van der Waals surface area contributed by atoms with E-state index in [1.165, 1.54) is 18.5 Å². The average Bonchev–Trinajstić information content (AvgIpc) is 3.32. The highest BCUT2D eigenvalue weighted by Gasteiger charge is 2.25. The second kappa shape index (κ2) is 5.49. The van der Waals surface area contributed by atoms with E-state index in [4.69, 9.17) is 4.74 Å². The molecule has 1 aliphatic rings. The second-order valence-corrected chi connectivity index (χ2v) is 5.24. The SMILES string of the molecule is COc1ccccc1CN(C)c1cc(C2CC2)ncn1. The van der Waals surface area contributed by atoms with Crippen LogP contribution in [0.2, 0.25) is 0 Å². The number of hydrogen-bond acceptors (Lipinski definition) is 4. The molecule has 0 spiro atoms. The van der Waals surface area contributed by atoms with Gasteiger partial charge in [0.2, 0.25) is 0 Å². The van der Waals surface area contributed by atoms with E-state index in [-0.39, 0.29) is 0 Å². The van der Waals surface area contributed by atoms with Crippen LogP contribution in [0, 0.1) is 0 Å². The van der Waals surface area contributed by atoms with Crippen molar-refractivity contribution in [2.75, 3.05) is 19.1 Å². The topological polar surface area (TPSA) is 38.2 Å². The third-order valence-electron chi connectivity index (χ3n) is 3.66. The normalized spacial score (nSPS) is 14.1. The van der Waals surface area contributed by atoms with Crippen LogP contribution in [0.3, 0.4) is 0 Å². The Morgan fingerprint density at radius 2 is 2.05 bits per heavy atom. The lowest BCUT2D eigenvalue weighted by Crippen LogP contribution is -2.18. The van der Waals surface area contributed by atoms with Gasteiger partial charge in [0.15, 0.2) is 0 Å². The smallest absolute Gasteiger partial charge is 0.132 e. The van der Waals surface area contributed by atoms with Gasteiger partial charge in [-0.2, -0.15) is 0 Å². The van der Waals surface area contributed by atoms with E-state index >= 15 is 0 Å². The highest BCUT2D eigenvalue weighted by Crippen LogP contribution is 2.39. The van der Waals surface area contributed by atoms with Crippen molar-refractivity contribution in [1.29, 1.82) is 0 Å². The molecule has 2 aromatic rings. The maximum absolute atomic E-state index is 5.39. The third-order valence-corrected chi connectivity index (χ3v) is 3.66. The summed E-state index contributed by atoms with van der Waals surface area (Å²) >= 11 is 0. The molecule has 0 atom stereocenters. The summed E-state index contributed by atoms with van der Waals surface area (Å²) in [5.74, 6) is 2.53. The van der Waals surface area contributed by atoms with Gasteiger partial charge in [0.25, 0.3) is 0 Å². The summed E-state index contributed by atoms with van der Waals surface area (Å²) < 4.78 is 5.39. The summed E-state index contributed by atoms with van der Waals surface area (Å²) in [7, 11) is 3.75. The number of rotatable bonds is 5. The van der Waals surface area contributed by atoms with E-state index in [1.807, 2.05) is 25.2 Å². The van der Waals surface area contributed by atoms with Gasteiger partial charge in [-0.3, -0.25) is 0 Å². The lowest BCUT2D eigenvalue weighted by Gasteiger charge is -2.20. The van der Waals surface area contributed by atoms with Crippen molar-refractivity contribution < 1.29 is 4.74 Å². The number of anilines is 1. The monoisotopic (exact) mass is 269 g/mol. The lowest BCUT2D eigenvalue weighted by atomic mass is 10.2. The molecule has 104 valence electrons. The van der Waals surface area contributed by atoms with Gasteiger partial charge in [-0.15, -0.1) is 0 Å². The van der Waals surface area contributed by atoms with Crippen molar-refractivity contribution in [3.8, 4) is 5.75 Å². The summed E-state index contributed by atoms with van der Waals surface area (Å²) in [5.41, 5.74) is 2.32. The molecule has 20 heavy (non-hydrogen) atoms. The molecule has 0 radical (unpaired) electrons. The fraction of sp³-hybridized carbons (Fsp3) is 0.375. The van der Waals surface area contributed by atoms with Crippen molar-refractivity contribution in [3.63, 3.8) is 0 Å². The number of benzene rings is 1. The molecular weight excluding hydrogens is 250 g/mol. The van der Waals surface area contributed by atoms with Gasteiger partial charge in [-0.1, -0.05) is 18.2 Å². The molecule has 0 amide bonds. The maximum atomic E-state index is 5.39. The third kappa shape index (κ3) is 2.74. The fourth-order valence-corrected chi connectivity index (χ4v) is 2.34. The number of ether oxygens (including phenoxy) is 1. The minimum Gasteiger partial charge on any atom is -0.496 e. The van der Waals surface area contributed by atoms with Crippen LogP contribution in [-0.4, -0.2) is 24.1 Å². The molecule has 4 nitrogen and oxygen atoms in total. The molecule has 1 heterocycles. The summed E-state index contributed by atoms with van der Waals surface area (Å²) in [5, 5.41) is 0. The predicted molar refractivity (Wildman–Crippen MR) is 79.1 cm³/mol. The first kappa shape index (κ1) is 12.9. The Hall–Kier alpha value is -2.10. The lowest BCUT2D eigenvalue weighted by molar-refractivity contribution is 0.409. The van der Waals surface area contributed by atoms with Crippen LogP contribution in [0.1, 0.15) is 30.0 Å². The van der Waals surface area contributed by atoms with Crippen molar-refractivity contribution in [1.82, 2.24) is 9.97 Å². The van der Waals surface area contributed by atoms with Crippen LogP contribution in [0.15, 0.2) is 36.7 Å². The van der Waals surface area contributed by atoms with E-state index in [0.29, 0.717) is 5.92 Å². The molecule has 0 unspecified atom stereocenters. The standard InChI is InChI=1S/C16H19N3O/c1-19(10-13-5-3-4-6-15(13)20-2)16-9-14(12-7-8-12)17-11-18-16/h3-6,9,11-12H,7-8,10H2,1-2H3.